The molecule has 186 valence electrons. The molecule has 0 saturated carbocycles. The second kappa shape index (κ2) is 13.3. The number of hydrogen-bond acceptors (Lipinski definition) is 4. The van der Waals surface area contributed by atoms with Crippen LogP contribution in [0.15, 0.2) is 54.6 Å². The summed E-state index contributed by atoms with van der Waals surface area (Å²) in [5.41, 5.74) is 1.25. The smallest absolute Gasteiger partial charge is 0.244 e. The Labute approximate surface area is 208 Å². The van der Waals surface area contributed by atoms with Crippen LogP contribution in [0.2, 0.25) is 5.02 Å². The lowest BCUT2D eigenvalue weighted by Crippen LogP contribution is -2.53. The number of benzene rings is 2. The summed E-state index contributed by atoms with van der Waals surface area (Å²) in [6, 6.07) is 15.4. The number of carbonyl (C=O) groups excluding carboxylic acids is 2. The zero-order valence-electron chi connectivity index (χ0n) is 20.0. The molecule has 0 spiro atoms. The van der Waals surface area contributed by atoms with Gasteiger partial charge in [-0.15, -0.1) is 0 Å². The van der Waals surface area contributed by atoms with Crippen molar-refractivity contribution in [2.24, 2.45) is 0 Å². The Balaban J connectivity index is 2.33. The number of anilines is 1. The van der Waals surface area contributed by atoms with Gasteiger partial charge in [-0.05, 0) is 37.0 Å². The summed E-state index contributed by atoms with van der Waals surface area (Å²) in [6.07, 6.45) is 3.76. The molecule has 0 aliphatic carbocycles. The molecule has 1 N–H and O–H groups in total. The minimum atomic E-state index is -3.81. The van der Waals surface area contributed by atoms with Crippen LogP contribution in [-0.4, -0.2) is 57.1 Å². The summed E-state index contributed by atoms with van der Waals surface area (Å²) in [5, 5.41) is 3.13. The second-order valence-corrected chi connectivity index (χ2v) is 10.4. The zero-order valence-corrected chi connectivity index (χ0v) is 21.6. The molecule has 0 heterocycles. The van der Waals surface area contributed by atoms with E-state index in [1.165, 1.54) is 4.90 Å². The Morgan fingerprint density at radius 2 is 1.68 bits per heavy atom. The van der Waals surface area contributed by atoms with E-state index in [1.807, 2.05) is 44.2 Å². The molecule has 0 fully saturated rings. The highest BCUT2D eigenvalue weighted by Crippen LogP contribution is 2.27. The maximum Gasteiger partial charge on any atom is 0.244 e. The monoisotopic (exact) mass is 507 g/mol. The van der Waals surface area contributed by atoms with E-state index in [2.05, 4.69) is 5.32 Å². The highest BCUT2D eigenvalue weighted by molar-refractivity contribution is 7.92. The van der Waals surface area contributed by atoms with Crippen LogP contribution in [0.25, 0.3) is 0 Å². The fourth-order valence-electron chi connectivity index (χ4n) is 3.65. The van der Waals surface area contributed by atoms with Crippen LogP contribution in [0.3, 0.4) is 0 Å². The number of amides is 2. The van der Waals surface area contributed by atoms with Crippen LogP contribution in [0, 0.1) is 0 Å². The zero-order chi connectivity index (χ0) is 25.1. The number of nitrogens with one attached hydrogen (secondary N) is 1. The Bertz CT molecular complexity index is 1050. The molecule has 0 aliphatic heterocycles. The summed E-state index contributed by atoms with van der Waals surface area (Å²) in [4.78, 5) is 28.0. The van der Waals surface area contributed by atoms with Crippen molar-refractivity contribution in [3.8, 4) is 0 Å². The molecule has 0 aliphatic rings. The van der Waals surface area contributed by atoms with Crippen molar-refractivity contribution in [3.05, 3.63) is 65.2 Å². The van der Waals surface area contributed by atoms with Crippen LogP contribution >= 0.6 is 11.6 Å². The van der Waals surface area contributed by atoms with E-state index < -0.39 is 28.5 Å². The first-order valence-corrected chi connectivity index (χ1v) is 13.7. The first-order valence-electron chi connectivity index (χ1n) is 11.5. The average molecular weight is 508 g/mol. The number of hydrogen-bond donors (Lipinski definition) is 1. The van der Waals surface area contributed by atoms with Gasteiger partial charge in [0.25, 0.3) is 0 Å². The van der Waals surface area contributed by atoms with E-state index in [1.54, 1.807) is 24.3 Å². The lowest BCUT2D eigenvalue weighted by Gasteiger charge is -2.33. The molecular formula is C25H34ClN3O4S. The molecule has 0 saturated heterocycles. The summed E-state index contributed by atoms with van der Waals surface area (Å²) in [5.74, 6) is -0.695. The topological polar surface area (TPSA) is 86.8 Å². The highest BCUT2D eigenvalue weighted by atomic mass is 35.5. The van der Waals surface area contributed by atoms with Crippen molar-refractivity contribution in [2.75, 3.05) is 30.2 Å². The standard InChI is InChI=1S/C25H34ClN3O4S/c1-4-6-17-27-25(31)22(5-2)28(18-16-20-12-8-7-9-13-20)24(30)19-29(34(3,32)33)23-15-11-10-14-21(23)26/h7-15,22H,4-6,16-19H2,1-3H3,(H,27,31). The number of unbranched alkanes of at least 4 members (excludes halogenated alkanes) is 1. The lowest BCUT2D eigenvalue weighted by atomic mass is 10.1. The molecular weight excluding hydrogens is 474 g/mol. The fraction of sp³-hybridized carbons (Fsp3) is 0.440. The van der Waals surface area contributed by atoms with E-state index in [9.17, 15) is 18.0 Å². The van der Waals surface area contributed by atoms with Crippen molar-refractivity contribution in [3.63, 3.8) is 0 Å². The van der Waals surface area contributed by atoms with Gasteiger partial charge in [0.05, 0.1) is 17.0 Å². The van der Waals surface area contributed by atoms with Gasteiger partial charge in [0, 0.05) is 13.1 Å². The summed E-state index contributed by atoms with van der Waals surface area (Å²) < 4.78 is 26.2. The first kappa shape index (κ1) is 27.7. The number of nitrogens with zero attached hydrogens (tertiary/aromatic N) is 2. The predicted molar refractivity (Wildman–Crippen MR) is 137 cm³/mol. The summed E-state index contributed by atoms with van der Waals surface area (Å²) in [6.45, 7) is 4.24. The molecule has 1 unspecified atom stereocenters. The third-order valence-electron chi connectivity index (χ3n) is 5.50. The molecule has 2 aromatic carbocycles. The normalized spacial score (nSPS) is 12.1. The molecule has 7 nitrogen and oxygen atoms in total. The summed E-state index contributed by atoms with van der Waals surface area (Å²) >= 11 is 6.25. The van der Waals surface area contributed by atoms with Gasteiger partial charge < -0.3 is 10.2 Å². The largest absolute Gasteiger partial charge is 0.354 e. The van der Waals surface area contributed by atoms with Gasteiger partial charge in [-0.1, -0.05) is 74.3 Å². The maximum absolute atomic E-state index is 13.5. The molecule has 0 aromatic heterocycles. The fourth-order valence-corrected chi connectivity index (χ4v) is 4.80. The number of para-hydroxylation sites is 1. The van der Waals surface area contributed by atoms with Crippen LogP contribution in [0.5, 0.6) is 0 Å². The van der Waals surface area contributed by atoms with Crippen molar-refractivity contribution in [1.29, 1.82) is 0 Å². The predicted octanol–water partition coefficient (Wildman–Crippen LogP) is 3.87. The van der Waals surface area contributed by atoms with Gasteiger partial charge in [0.1, 0.15) is 12.6 Å². The SMILES string of the molecule is CCCCNC(=O)C(CC)N(CCc1ccccc1)C(=O)CN(c1ccccc1Cl)S(C)(=O)=O. The van der Waals surface area contributed by atoms with Gasteiger partial charge in [-0.3, -0.25) is 13.9 Å². The molecule has 2 aromatic rings. The Hall–Kier alpha value is -2.58. The number of halogens is 1. The van der Waals surface area contributed by atoms with Gasteiger partial charge >= 0.3 is 0 Å². The molecule has 9 heteroatoms. The first-order chi connectivity index (χ1) is 16.2. The van der Waals surface area contributed by atoms with E-state index in [0.29, 0.717) is 19.4 Å². The molecule has 0 radical (unpaired) electrons. The van der Waals surface area contributed by atoms with Crippen LogP contribution < -0.4 is 9.62 Å². The lowest BCUT2D eigenvalue weighted by molar-refractivity contribution is -0.139. The van der Waals surface area contributed by atoms with Crippen LogP contribution in [0.1, 0.15) is 38.7 Å². The maximum atomic E-state index is 13.5. The van der Waals surface area contributed by atoms with Crippen molar-refractivity contribution < 1.29 is 18.0 Å². The number of sulfonamides is 1. The van der Waals surface area contributed by atoms with Crippen molar-refractivity contribution in [1.82, 2.24) is 10.2 Å². The third-order valence-corrected chi connectivity index (χ3v) is 6.95. The Morgan fingerprint density at radius 3 is 2.26 bits per heavy atom. The minimum Gasteiger partial charge on any atom is -0.354 e. The molecule has 2 rings (SSSR count). The van der Waals surface area contributed by atoms with Gasteiger partial charge in [0.15, 0.2) is 0 Å². The van der Waals surface area contributed by atoms with E-state index in [0.717, 1.165) is 29.0 Å². The highest BCUT2D eigenvalue weighted by Gasteiger charge is 2.31. The molecule has 0 bridgehead atoms. The van der Waals surface area contributed by atoms with Gasteiger partial charge in [-0.2, -0.15) is 0 Å². The van der Waals surface area contributed by atoms with E-state index in [-0.39, 0.29) is 23.2 Å². The van der Waals surface area contributed by atoms with E-state index in [4.69, 9.17) is 11.6 Å². The Morgan fingerprint density at radius 1 is 1.03 bits per heavy atom. The quantitative estimate of drug-likeness (QED) is 0.417. The summed E-state index contributed by atoms with van der Waals surface area (Å²) in [7, 11) is -3.81. The van der Waals surface area contributed by atoms with E-state index >= 15 is 0 Å². The average Bonchev–Trinajstić information content (AvgIpc) is 2.80. The van der Waals surface area contributed by atoms with Crippen molar-refractivity contribution >= 4 is 39.1 Å². The Kier molecular flexibility index (Phi) is 10.9. The molecule has 1 atom stereocenters. The van der Waals surface area contributed by atoms with Gasteiger partial charge in [-0.25, -0.2) is 8.42 Å². The second-order valence-electron chi connectivity index (χ2n) is 8.11. The van der Waals surface area contributed by atoms with Gasteiger partial charge in [0.2, 0.25) is 21.8 Å². The molecule has 2 amide bonds. The van der Waals surface area contributed by atoms with Crippen LogP contribution in [-0.2, 0) is 26.0 Å². The van der Waals surface area contributed by atoms with Crippen LogP contribution in [0.4, 0.5) is 5.69 Å². The minimum absolute atomic E-state index is 0.223. The molecule has 34 heavy (non-hydrogen) atoms. The third kappa shape index (κ3) is 8.02. The van der Waals surface area contributed by atoms with Crippen molar-refractivity contribution in [2.45, 2.75) is 45.6 Å². The number of rotatable bonds is 13. The number of carbonyl (C=O) groups is 2.